The first-order chi connectivity index (χ1) is 9.25. The van der Waals surface area contributed by atoms with Crippen LogP contribution in [-0.2, 0) is 6.42 Å². The summed E-state index contributed by atoms with van der Waals surface area (Å²) in [5.74, 6) is -0.0315. The van der Waals surface area contributed by atoms with Gasteiger partial charge in [-0.15, -0.1) is 0 Å². The number of quaternary nitrogens is 1. The number of fused-ring (bicyclic) bond motifs is 1. The second kappa shape index (κ2) is 6.07. The van der Waals surface area contributed by atoms with E-state index < -0.39 is 0 Å². The zero-order chi connectivity index (χ0) is 13.2. The van der Waals surface area contributed by atoms with Crippen LogP contribution in [0.4, 0.5) is 0 Å². The number of carbonyl (C=O) groups is 1. The maximum absolute atomic E-state index is 12.2. The average molecular weight is 289 g/mol. The summed E-state index contributed by atoms with van der Waals surface area (Å²) in [6.07, 6.45) is 0.926. The molecule has 4 heteroatoms. The van der Waals surface area contributed by atoms with Crippen LogP contribution in [0.15, 0.2) is 54.6 Å². The highest BCUT2D eigenvalue weighted by Gasteiger charge is 2.33. The van der Waals surface area contributed by atoms with Gasteiger partial charge in [0.05, 0.1) is 0 Å². The molecule has 0 heterocycles. The van der Waals surface area contributed by atoms with E-state index in [1.165, 1.54) is 11.1 Å². The Labute approximate surface area is 124 Å². The van der Waals surface area contributed by atoms with Gasteiger partial charge >= 0.3 is 0 Å². The molecule has 2 atom stereocenters. The molecule has 0 unspecified atom stereocenters. The quantitative estimate of drug-likeness (QED) is 0.682. The molecule has 20 heavy (non-hydrogen) atoms. The van der Waals surface area contributed by atoms with Gasteiger partial charge in [-0.1, -0.05) is 42.5 Å². The smallest absolute Gasteiger partial charge is 0.251 e. The Kier molecular flexibility index (Phi) is 4.42. The van der Waals surface area contributed by atoms with Crippen LogP contribution in [0.3, 0.4) is 0 Å². The van der Waals surface area contributed by atoms with E-state index >= 15 is 0 Å². The Balaban J connectivity index is 0.00000147. The fourth-order valence-electron chi connectivity index (χ4n) is 2.69. The zero-order valence-corrected chi connectivity index (χ0v) is 11.8. The fraction of sp³-hybridized carbons (Fsp3) is 0.188. The largest absolute Gasteiger partial charge is 1.00 e. The summed E-state index contributed by atoms with van der Waals surface area (Å²) in [5.41, 5.74) is 7.35. The number of hydrogen-bond acceptors (Lipinski definition) is 1. The molecule has 0 aromatic heterocycles. The van der Waals surface area contributed by atoms with Crippen LogP contribution in [0.2, 0.25) is 0 Å². The molecular weight excluding hydrogens is 272 g/mol. The van der Waals surface area contributed by atoms with Crippen LogP contribution in [0.25, 0.3) is 0 Å². The van der Waals surface area contributed by atoms with Crippen molar-refractivity contribution in [3.05, 3.63) is 71.3 Å². The Bertz CT molecular complexity index is 600. The van der Waals surface area contributed by atoms with Crippen molar-refractivity contribution in [2.24, 2.45) is 0 Å². The third-order valence-electron chi connectivity index (χ3n) is 3.67. The molecule has 1 aliphatic rings. The third-order valence-corrected chi connectivity index (χ3v) is 3.67. The normalized spacial score (nSPS) is 19.9. The van der Waals surface area contributed by atoms with Crippen LogP contribution in [0.5, 0.6) is 0 Å². The van der Waals surface area contributed by atoms with Crippen LogP contribution in [0.1, 0.15) is 27.5 Å². The molecular formula is C16H17ClN2O. The molecule has 4 N–H and O–H groups in total. The summed E-state index contributed by atoms with van der Waals surface area (Å²) in [6, 6.07) is 17.8. The van der Waals surface area contributed by atoms with E-state index in [0.717, 1.165) is 6.42 Å². The van der Waals surface area contributed by atoms with E-state index in [1.54, 1.807) is 0 Å². The number of nitrogens with one attached hydrogen (secondary N) is 1. The van der Waals surface area contributed by atoms with Crippen molar-refractivity contribution in [1.82, 2.24) is 5.32 Å². The van der Waals surface area contributed by atoms with E-state index in [9.17, 15) is 4.79 Å². The topological polar surface area (TPSA) is 56.7 Å². The highest BCUT2D eigenvalue weighted by atomic mass is 35.5. The van der Waals surface area contributed by atoms with Gasteiger partial charge in [0.1, 0.15) is 12.1 Å². The number of carbonyl (C=O) groups excluding carboxylic acids is 1. The minimum Gasteiger partial charge on any atom is -1.00 e. The van der Waals surface area contributed by atoms with E-state index in [4.69, 9.17) is 0 Å². The van der Waals surface area contributed by atoms with Crippen LogP contribution in [-0.4, -0.2) is 11.9 Å². The van der Waals surface area contributed by atoms with Gasteiger partial charge in [0.25, 0.3) is 5.91 Å². The van der Waals surface area contributed by atoms with Crippen molar-refractivity contribution in [2.75, 3.05) is 0 Å². The van der Waals surface area contributed by atoms with Crippen LogP contribution >= 0.6 is 0 Å². The minimum atomic E-state index is -0.0315. The van der Waals surface area contributed by atoms with Gasteiger partial charge in [-0.2, -0.15) is 0 Å². The predicted octanol–water partition coefficient (Wildman–Crippen LogP) is -1.67. The lowest BCUT2D eigenvalue weighted by Gasteiger charge is -2.16. The van der Waals surface area contributed by atoms with E-state index in [1.807, 2.05) is 42.5 Å². The second-order valence-corrected chi connectivity index (χ2v) is 4.98. The molecule has 1 aliphatic carbocycles. The molecule has 2 aromatic carbocycles. The van der Waals surface area contributed by atoms with Gasteiger partial charge in [0, 0.05) is 12.0 Å². The number of amides is 1. The lowest BCUT2D eigenvalue weighted by atomic mass is 10.1. The molecule has 0 fully saturated rings. The molecule has 0 spiro atoms. The monoisotopic (exact) mass is 288 g/mol. The molecule has 104 valence electrons. The summed E-state index contributed by atoms with van der Waals surface area (Å²) < 4.78 is 0. The molecule has 0 saturated carbocycles. The van der Waals surface area contributed by atoms with Crippen LogP contribution < -0.4 is 23.5 Å². The summed E-state index contributed by atoms with van der Waals surface area (Å²) in [6.45, 7) is 0. The summed E-state index contributed by atoms with van der Waals surface area (Å²) in [4.78, 5) is 12.2. The van der Waals surface area contributed by atoms with E-state index in [0.29, 0.717) is 5.56 Å². The van der Waals surface area contributed by atoms with Gasteiger partial charge in [0.15, 0.2) is 0 Å². The van der Waals surface area contributed by atoms with Gasteiger partial charge in [-0.05, 0) is 23.3 Å². The van der Waals surface area contributed by atoms with Gasteiger partial charge in [-0.25, -0.2) is 0 Å². The molecule has 1 amide bonds. The predicted molar refractivity (Wildman–Crippen MR) is 73.5 cm³/mol. The lowest BCUT2D eigenvalue weighted by molar-refractivity contribution is -0.423. The summed E-state index contributed by atoms with van der Waals surface area (Å²) >= 11 is 0. The first-order valence-electron chi connectivity index (χ1n) is 6.52. The Hall–Kier alpha value is -1.84. The number of hydrogen-bond donors (Lipinski definition) is 2. The maximum atomic E-state index is 12.2. The van der Waals surface area contributed by atoms with Crippen molar-refractivity contribution in [3.8, 4) is 0 Å². The van der Waals surface area contributed by atoms with E-state index in [2.05, 4.69) is 23.2 Å². The molecule has 3 rings (SSSR count). The first-order valence-corrected chi connectivity index (χ1v) is 6.52. The van der Waals surface area contributed by atoms with E-state index in [-0.39, 0.29) is 30.4 Å². The van der Waals surface area contributed by atoms with Crippen molar-refractivity contribution in [2.45, 2.75) is 18.5 Å². The Morgan fingerprint density at radius 2 is 1.70 bits per heavy atom. The first kappa shape index (κ1) is 14.6. The molecule has 0 aliphatic heterocycles. The lowest BCUT2D eigenvalue weighted by Crippen LogP contribution is -3.00. The van der Waals surface area contributed by atoms with Crippen molar-refractivity contribution in [1.29, 1.82) is 0 Å². The maximum Gasteiger partial charge on any atom is 0.251 e. The summed E-state index contributed by atoms with van der Waals surface area (Å²) in [5, 5.41) is 3.10. The Morgan fingerprint density at radius 1 is 1.05 bits per heavy atom. The highest BCUT2D eigenvalue weighted by molar-refractivity contribution is 5.94. The molecule has 0 radical (unpaired) electrons. The zero-order valence-electron chi connectivity index (χ0n) is 11.1. The average Bonchev–Trinajstić information content (AvgIpc) is 2.76. The van der Waals surface area contributed by atoms with Crippen molar-refractivity contribution < 1.29 is 22.9 Å². The molecule has 2 aromatic rings. The highest BCUT2D eigenvalue weighted by Crippen LogP contribution is 2.29. The van der Waals surface area contributed by atoms with Gasteiger partial charge in [-0.3, -0.25) is 4.79 Å². The molecule has 3 nitrogen and oxygen atoms in total. The molecule has 0 bridgehead atoms. The van der Waals surface area contributed by atoms with Gasteiger partial charge < -0.3 is 23.5 Å². The number of benzene rings is 2. The number of rotatable bonds is 2. The third kappa shape index (κ3) is 2.69. The molecule has 0 saturated heterocycles. The standard InChI is InChI=1S/C16H16N2O.ClH/c17-14-10-12-8-4-5-9-13(12)15(14)18-16(19)11-6-2-1-3-7-11;/h1-9,14-15H,10,17H2,(H,18,19);1H/t14-,15-;/m1./s1. The van der Waals surface area contributed by atoms with Gasteiger partial charge in [0.2, 0.25) is 0 Å². The van der Waals surface area contributed by atoms with Crippen LogP contribution in [0, 0.1) is 0 Å². The van der Waals surface area contributed by atoms with Crippen molar-refractivity contribution in [3.63, 3.8) is 0 Å². The fourth-order valence-corrected chi connectivity index (χ4v) is 2.69. The Morgan fingerprint density at radius 3 is 2.45 bits per heavy atom. The minimum absolute atomic E-state index is 0. The second-order valence-electron chi connectivity index (χ2n) is 4.98. The number of halogens is 1. The summed E-state index contributed by atoms with van der Waals surface area (Å²) in [7, 11) is 0. The van der Waals surface area contributed by atoms with Crippen molar-refractivity contribution >= 4 is 5.91 Å². The SMILES string of the molecule is [Cl-].[NH3+][C@@H]1Cc2ccccc2[C@H]1NC(=O)c1ccccc1.